The molecule has 0 saturated carbocycles. The Morgan fingerprint density at radius 3 is 2.92 bits per heavy atom. The highest BCUT2D eigenvalue weighted by Crippen LogP contribution is 2.18. The molecule has 0 radical (unpaired) electrons. The van der Waals surface area contributed by atoms with E-state index in [1.165, 1.54) is 19.3 Å². The van der Waals surface area contributed by atoms with E-state index in [0.717, 1.165) is 0 Å². The summed E-state index contributed by atoms with van der Waals surface area (Å²) in [5.74, 6) is 0.123. The van der Waals surface area contributed by atoms with Crippen LogP contribution in [0.4, 0.5) is 11.5 Å². The smallest absolute Gasteiger partial charge is 0.223 e. The maximum absolute atomic E-state index is 12.3. The molecule has 0 bridgehead atoms. The number of nitrogens with one attached hydrogen (secondary N) is 1. The number of H-pyrrole nitrogens is 1. The van der Waals surface area contributed by atoms with Crippen LogP contribution >= 0.6 is 0 Å². The number of hydrogen-bond acceptors (Lipinski definition) is 5. The lowest BCUT2D eigenvalue weighted by molar-refractivity contribution is -0.116. The zero-order chi connectivity index (χ0) is 17.5. The summed E-state index contributed by atoms with van der Waals surface area (Å²) in [6.45, 7) is 3.90. The lowest BCUT2D eigenvalue weighted by Gasteiger charge is -2.19. The Bertz CT molecular complexity index is 816. The van der Waals surface area contributed by atoms with E-state index in [1.807, 2.05) is 13.0 Å². The number of hydrogen-bond donors (Lipinski definition) is 1. The second-order valence-electron chi connectivity index (χ2n) is 5.00. The number of aromatic amines is 1. The predicted molar refractivity (Wildman–Crippen MR) is 90.5 cm³/mol. The van der Waals surface area contributed by atoms with E-state index >= 15 is 0 Å². The van der Waals surface area contributed by atoms with E-state index in [-0.39, 0.29) is 18.1 Å². The van der Waals surface area contributed by atoms with Crippen LogP contribution in [0.2, 0.25) is 0 Å². The Morgan fingerprint density at radius 1 is 1.46 bits per heavy atom. The number of Topliss-reactive ketones (excluding diaryl/α,β-unsaturated/α-hetero) is 1. The molecule has 1 heterocycles. The maximum Gasteiger partial charge on any atom is 0.223 e. The first-order valence-corrected chi connectivity index (χ1v) is 7.44. The van der Waals surface area contributed by atoms with Crippen LogP contribution < -0.4 is 4.90 Å². The Kier molecular flexibility index (Phi) is 5.58. The molecule has 0 aliphatic heterocycles. The van der Waals surface area contributed by atoms with Gasteiger partial charge in [0, 0.05) is 37.4 Å². The van der Waals surface area contributed by atoms with Crippen molar-refractivity contribution in [2.75, 3.05) is 11.4 Å². The van der Waals surface area contributed by atoms with Crippen LogP contribution in [0.1, 0.15) is 36.2 Å². The van der Waals surface area contributed by atoms with E-state index in [2.05, 4.69) is 15.2 Å². The average Bonchev–Trinajstić information content (AvgIpc) is 3.03. The number of ketones is 1. The van der Waals surface area contributed by atoms with Crippen LogP contribution in [0, 0.1) is 11.3 Å². The molecule has 1 aromatic carbocycles. The van der Waals surface area contributed by atoms with Crippen molar-refractivity contribution in [2.45, 2.75) is 20.3 Å². The molecule has 0 saturated heterocycles. The number of nitriles is 1. The predicted octanol–water partition coefficient (Wildman–Crippen LogP) is 2.63. The number of aliphatic imine (C=N–C) groups is 1. The highest BCUT2D eigenvalue weighted by atomic mass is 16.2. The molecule has 7 heteroatoms. The Labute approximate surface area is 139 Å². The minimum absolute atomic E-state index is 0.0769. The minimum atomic E-state index is -0.127. The van der Waals surface area contributed by atoms with E-state index in [4.69, 9.17) is 5.26 Å². The van der Waals surface area contributed by atoms with Gasteiger partial charge in [-0.3, -0.25) is 14.7 Å². The molecule has 24 heavy (non-hydrogen) atoms. The fourth-order valence-electron chi connectivity index (χ4n) is 2.23. The fraction of sp³-hybridized carbons (Fsp3) is 0.235. The van der Waals surface area contributed by atoms with Crippen molar-refractivity contribution in [1.29, 1.82) is 5.26 Å². The number of amides is 1. The summed E-state index contributed by atoms with van der Waals surface area (Å²) < 4.78 is 0. The SMILES string of the molecule is CCN(C(C)=O)c1cccc(C(=O)CC=Nc2[nH]ncc2C#N)c1. The van der Waals surface area contributed by atoms with Crippen molar-refractivity contribution in [1.82, 2.24) is 10.2 Å². The summed E-state index contributed by atoms with van der Waals surface area (Å²) in [5, 5.41) is 15.2. The average molecular weight is 323 g/mol. The van der Waals surface area contributed by atoms with Gasteiger partial charge in [0.1, 0.15) is 11.6 Å². The van der Waals surface area contributed by atoms with Gasteiger partial charge in [-0.25, -0.2) is 4.99 Å². The largest absolute Gasteiger partial charge is 0.313 e. The first kappa shape index (κ1) is 17.1. The second kappa shape index (κ2) is 7.83. The maximum atomic E-state index is 12.3. The monoisotopic (exact) mass is 323 g/mol. The number of carbonyl (C=O) groups excluding carboxylic acids is 2. The molecular weight excluding hydrogens is 306 g/mol. The van der Waals surface area contributed by atoms with Crippen molar-refractivity contribution in [3.05, 3.63) is 41.6 Å². The van der Waals surface area contributed by atoms with Gasteiger partial charge < -0.3 is 4.90 Å². The standard InChI is InChI=1S/C17H17N5O2/c1-3-22(12(2)23)15-6-4-5-13(9-15)16(24)7-8-19-17-14(10-18)11-20-21-17/h4-6,8-9,11H,3,7H2,1-2H3,(H,20,21). The fourth-order valence-corrected chi connectivity index (χ4v) is 2.23. The van der Waals surface area contributed by atoms with Crippen LogP contribution in [0.25, 0.3) is 0 Å². The van der Waals surface area contributed by atoms with E-state index in [1.54, 1.807) is 29.2 Å². The molecule has 1 amide bonds. The quantitative estimate of drug-likeness (QED) is 0.652. The Hall–Kier alpha value is -3.27. The molecule has 2 aromatic rings. The van der Waals surface area contributed by atoms with Gasteiger partial charge in [-0.1, -0.05) is 12.1 Å². The number of aromatic nitrogens is 2. The van der Waals surface area contributed by atoms with Crippen LogP contribution in [-0.4, -0.2) is 34.6 Å². The van der Waals surface area contributed by atoms with Crippen LogP contribution in [0.3, 0.4) is 0 Å². The van der Waals surface area contributed by atoms with E-state index in [0.29, 0.717) is 29.2 Å². The Morgan fingerprint density at radius 2 is 2.25 bits per heavy atom. The number of rotatable bonds is 6. The highest BCUT2D eigenvalue weighted by Gasteiger charge is 2.12. The zero-order valence-electron chi connectivity index (χ0n) is 13.5. The van der Waals surface area contributed by atoms with Gasteiger partial charge in [-0.15, -0.1) is 0 Å². The third-order valence-electron chi connectivity index (χ3n) is 3.41. The van der Waals surface area contributed by atoms with Crippen molar-refractivity contribution in [3.8, 4) is 6.07 Å². The lowest BCUT2D eigenvalue weighted by atomic mass is 10.1. The van der Waals surface area contributed by atoms with Crippen molar-refractivity contribution in [2.24, 2.45) is 4.99 Å². The third kappa shape index (κ3) is 3.93. The van der Waals surface area contributed by atoms with Gasteiger partial charge in [-0.2, -0.15) is 10.4 Å². The molecule has 0 fully saturated rings. The van der Waals surface area contributed by atoms with E-state index in [9.17, 15) is 9.59 Å². The van der Waals surface area contributed by atoms with Gasteiger partial charge in [0.15, 0.2) is 11.6 Å². The summed E-state index contributed by atoms with van der Waals surface area (Å²) in [6, 6.07) is 8.88. The molecule has 1 aromatic heterocycles. The topological polar surface area (TPSA) is 102 Å². The third-order valence-corrected chi connectivity index (χ3v) is 3.41. The summed E-state index contributed by atoms with van der Waals surface area (Å²) in [7, 11) is 0. The molecule has 0 atom stereocenters. The number of nitrogens with zero attached hydrogens (tertiary/aromatic N) is 4. The molecule has 0 aliphatic carbocycles. The summed E-state index contributed by atoms with van der Waals surface area (Å²) in [5.41, 5.74) is 1.51. The molecule has 0 spiro atoms. The highest BCUT2D eigenvalue weighted by molar-refractivity contribution is 6.05. The van der Waals surface area contributed by atoms with Crippen LogP contribution in [-0.2, 0) is 4.79 Å². The van der Waals surface area contributed by atoms with Gasteiger partial charge >= 0.3 is 0 Å². The van der Waals surface area contributed by atoms with Crippen LogP contribution in [0.5, 0.6) is 0 Å². The first-order valence-electron chi connectivity index (χ1n) is 7.44. The van der Waals surface area contributed by atoms with Gasteiger partial charge in [-0.05, 0) is 19.1 Å². The normalized spacial score (nSPS) is 10.5. The number of carbonyl (C=O) groups is 2. The first-order chi connectivity index (χ1) is 11.6. The molecule has 2 rings (SSSR count). The van der Waals surface area contributed by atoms with Gasteiger partial charge in [0.25, 0.3) is 0 Å². The summed E-state index contributed by atoms with van der Waals surface area (Å²) in [6.07, 6.45) is 2.89. The minimum Gasteiger partial charge on any atom is -0.313 e. The second-order valence-corrected chi connectivity index (χ2v) is 5.00. The molecule has 7 nitrogen and oxygen atoms in total. The number of benzene rings is 1. The molecule has 1 N–H and O–H groups in total. The lowest BCUT2D eigenvalue weighted by Crippen LogP contribution is -2.28. The van der Waals surface area contributed by atoms with Gasteiger partial charge in [0.2, 0.25) is 5.91 Å². The molecule has 0 unspecified atom stereocenters. The summed E-state index contributed by atoms with van der Waals surface area (Å²) >= 11 is 0. The van der Waals surface area contributed by atoms with Crippen molar-refractivity contribution >= 4 is 29.4 Å². The van der Waals surface area contributed by atoms with Gasteiger partial charge in [0.05, 0.1) is 6.20 Å². The molecule has 122 valence electrons. The molecular formula is C17H17N5O2. The van der Waals surface area contributed by atoms with E-state index < -0.39 is 0 Å². The van der Waals surface area contributed by atoms with Crippen molar-refractivity contribution in [3.63, 3.8) is 0 Å². The van der Waals surface area contributed by atoms with Crippen molar-refractivity contribution < 1.29 is 9.59 Å². The number of anilines is 1. The molecule has 0 aliphatic rings. The summed E-state index contributed by atoms with van der Waals surface area (Å²) in [4.78, 5) is 29.5. The Balaban J connectivity index is 2.10. The zero-order valence-corrected chi connectivity index (χ0v) is 13.5. The van der Waals surface area contributed by atoms with Crippen LogP contribution in [0.15, 0.2) is 35.5 Å².